The Balaban J connectivity index is 2.57. The van der Waals surface area contributed by atoms with Crippen molar-refractivity contribution in [3.8, 4) is 0 Å². The molecule has 1 aliphatic heterocycles. The van der Waals surface area contributed by atoms with Gasteiger partial charge >= 0.3 is 7.12 Å². The number of rotatable bonds is 6. The molecule has 22 heavy (non-hydrogen) atoms. The lowest BCUT2D eigenvalue weighted by molar-refractivity contribution is 0.0745. The van der Waals surface area contributed by atoms with Crippen molar-refractivity contribution in [2.24, 2.45) is 0 Å². The highest BCUT2D eigenvalue weighted by Gasteiger charge is 2.40. The molecule has 1 rings (SSSR count). The van der Waals surface area contributed by atoms with Crippen molar-refractivity contribution in [2.75, 3.05) is 13.1 Å². The molecule has 1 saturated heterocycles. The van der Waals surface area contributed by atoms with Gasteiger partial charge in [0.25, 0.3) is 0 Å². The van der Waals surface area contributed by atoms with Gasteiger partial charge in [-0.1, -0.05) is 27.4 Å². The van der Waals surface area contributed by atoms with Gasteiger partial charge in [0.15, 0.2) is 8.32 Å². The summed E-state index contributed by atoms with van der Waals surface area (Å²) in [6.45, 7) is 15.8. The van der Waals surface area contributed by atoms with Crippen molar-refractivity contribution in [1.29, 1.82) is 0 Å². The first kappa shape index (κ1) is 19.8. The number of hydrogen-bond acceptors (Lipinski definition) is 4. The average Bonchev–Trinajstić information content (AvgIpc) is 2.34. The first-order chi connectivity index (χ1) is 9.94. The van der Waals surface area contributed by atoms with E-state index in [1.807, 2.05) is 4.90 Å². The highest BCUT2D eigenvalue weighted by molar-refractivity contribution is 6.74. The highest BCUT2D eigenvalue weighted by atomic mass is 28.4. The van der Waals surface area contributed by atoms with E-state index in [2.05, 4.69) is 40.4 Å². The molecule has 1 heterocycles. The van der Waals surface area contributed by atoms with Crippen LogP contribution < -0.4 is 0 Å². The van der Waals surface area contributed by atoms with Crippen LogP contribution in [0.15, 0.2) is 12.4 Å². The predicted molar refractivity (Wildman–Crippen MR) is 91.7 cm³/mol. The topological polar surface area (TPSA) is 52.9 Å². The number of nitrogens with zero attached hydrogens (tertiary/aromatic N) is 1. The SMILES string of the molecule is C=C(F)CC(B(O)O)N1CCC(O[Si](C)(C)C(C)(C)C)CC1. The van der Waals surface area contributed by atoms with Gasteiger partial charge in [-0.05, 0) is 31.0 Å². The molecular formula is C15H31BFNO3Si. The van der Waals surface area contributed by atoms with Gasteiger partial charge in [0.05, 0.1) is 11.8 Å². The molecule has 0 spiro atoms. The second-order valence-electron chi connectivity index (χ2n) is 7.82. The van der Waals surface area contributed by atoms with E-state index in [-0.39, 0.29) is 17.6 Å². The molecule has 0 amide bonds. The predicted octanol–water partition coefficient (Wildman–Crippen LogP) is 2.73. The average molecular weight is 331 g/mol. The summed E-state index contributed by atoms with van der Waals surface area (Å²) in [5.74, 6) is -1.14. The molecule has 0 aromatic heterocycles. The third-order valence-corrected chi connectivity index (χ3v) is 9.52. The van der Waals surface area contributed by atoms with Gasteiger partial charge in [-0.3, -0.25) is 0 Å². The molecule has 1 unspecified atom stereocenters. The van der Waals surface area contributed by atoms with Crippen molar-refractivity contribution in [2.45, 2.75) is 70.2 Å². The lowest BCUT2D eigenvalue weighted by Gasteiger charge is -2.43. The molecule has 1 fully saturated rings. The second kappa shape index (κ2) is 7.57. The van der Waals surface area contributed by atoms with Gasteiger partial charge in [0.2, 0.25) is 0 Å². The minimum Gasteiger partial charge on any atom is -0.426 e. The van der Waals surface area contributed by atoms with Gasteiger partial charge in [0.1, 0.15) is 0 Å². The maximum Gasteiger partial charge on any atom is 0.470 e. The first-order valence-corrected chi connectivity index (χ1v) is 11.0. The smallest absolute Gasteiger partial charge is 0.426 e. The molecule has 2 N–H and O–H groups in total. The van der Waals surface area contributed by atoms with E-state index >= 15 is 0 Å². The molecule has 7 heteroatoms. The van der Waals surface area contributed by atoms with Crippen molar-refractivity contribution in [1.82, 2.24) is 4.90 Å². The Labute approximate surface area is 135 Å². The molecule has 0 radical (unpaired) electrons. The van der Waals surface area contributed by atoms with E-state index < -0.39 is 27.2 Å². The number of piperidine rings is 1. The van der Waals surface area contributed by atoms with Gasteiger partial charge < -0.3 is 19.4 Å². The van der Waals surface area contributed by atoms with Gasteiger partial charge in [-0.2, -0.15) is 0 Å². The molecule has 0 bridgehead atoms. The fraction of sp³-hybridized carbons (Fsp3) is 0.867. The quantitative estimate of drug-likeness (QED) is 0.735. The van der Waals surface area contributed by atoms with E-state index in [0.717, 1.165) is 12.8 Å². The number of likely N-dealkylation sites (tertiary alicyclic amines) is 1. The van der Waals surface area contributed by atoms with Crippen LogP contribution in [0.25, 0.3) is 0 Å². The molecule has 0 aromatic rings. The Morgan fingerprint density at radius 3 is 2.23 bits per heavy atom. The summed E-state index contributed by atoms with van der Waals surface area (Å²) >= 11 is 0. The zero-order valence-corrected chi connectivity index (χ0v) is 15.6. The van der Waals surface area contributed by atoms with Crippen LogP contribution in [0.5, 0.6) is 0 Å². The van der Waals surface area contributed by atoms with E-state index in [9.17, 15) is 14.4 Å². The summed E-state index contributed by atoms with van der Waals surface area (Å²) in [7, 11) is -3.33. The van der Waals surface area contributed by atoms with Crippen molar-refractivity contribution >= 4 is 15.4 Å². The summed E-state index contributed by atoms with van der Waals surface area (Å²) < 4.78 is 19.4. The number of hydrogen-bond donors (Lipinski definition) is 2. The minimum absolute atomic E-state index is 0.0363. The first-order valence-electron chi connectivity index (χ1n) is 8.05. The van der Waals surface area contributed by atoms with Gasteiger partial charge in [-0.15, -0.1) is 0 Å². The molecule has 128 valence electrons. The molecule has 0 aliphatic carbocycles. The van der Waals surface area contributed by atoms with Gasteiger partial charge in [-0.25, -0.2) is 4.39 Å². The second-order valence-corrected chi connectivity index (χ2v) is 12.6. The Bertz CT molecular complexity index is 379. The third kappa shape index (κ3) is 5.46. The summed E-state index contributed by atoms with van der Waals surface area (Å²) in [6, 6.07) is 0. The largest absolute Gasteiger partial charge is 0.470 e. The highest BCUT2D eigenvalue weighted by Crippen LogP contribution is 2.38. The Hall–Kier alpha value is -0.208. The molecule has 0 saturated carbocycles. The minimum atomic E-state index is -1.78. The van der Waals surface area contributed by atoms with Crippen molar-refractivity contribution < 1.29 is 18.9 Å². The number of halogens is 1. The van der Waals surface area contributed by atoms with Crippen LogP contribution in [0.1, 0.15) is 40.0 Å². The maximum atomic E-state index is 13.0. The fourth-order valence-electron chi connectivity index (χ4n) is 2.57. The van der Waals surface area contributed by atoms with Crippen molar-refractivity contribution in [3.05, 3.63) is 12.4 Å². The van der Waals surface area contributed by atoms with Crippen LogP contribution in [-0.4, -0.2) is 55.5 Å². The molecule has 4 nitrogen and oxygen atoms in total. The molecular weight excluding hydrogens is 300 g/mol. The third-order valence-electron chi connectivity index (χ3n) is 4.99. The van der Waals surface area contributed by atoms with Crippen LogP contribution >= 0.6 is 0 Å². The van der Waals surface area contributed by atoms with E-state index in [1.54, 1.807) is 0 Å². The zero-order valence-electron chi connectivity index (χ0n) is 14.6. The zero-order chi connectivity index (χ0) is 17.1. The van der Waals surface area contributed by atoms with E-state index in [0.29, 0.717) is 13.1 Å². The Kier molecular flexibility index (Phi) is 6.83. The summed E-state index contributed by atoms with van der Waals surface area (Å²) in [5.41, 5.74) is 0. The maximum absolute atomic E-state index is 13.0. The lowest BCUT2D eigenvalue weighted by Crippen LogP contribution is -2.53. The summed E-state index contributed by atoms with van der Waals surface area (Å²) in [4.78, 5) is 1.93. The summed E-state index contributed by atoms with van der Waals surface area (Å²) in [6.07, 6.45) is 1.86. The van der Waals surface area contributed by atoms with E-state index in [1.165, 1.54) is 0 Å². The van der Waals surface area contributed by atoms with Crippen molar-refractivity contribution in [3.63, 3.8) is 0 Å². The molecule has 1 aliphatic rings. The van der Waals surface area contributed by atoms with E-state index in [4.69, 9.17) is 4.43 Å². The van der Waals surface area contributed by atoms with Crippen LogP contribution in [0.2, 0.25) is 18.1 Å². The fourth-order valence-corrected chi connectivity index (χ4v) is 3.99. The normalized spacial score (nSPS) is 20.0. The standard InChI is InChI=1S/C15H31BFNO3Si/c1-12(17)11-14(16(19)20)18-9-7-13(8-10-18)21-22(5,6)15(2,3)4/h13-14,19-20H,1,7-11H2,2-6H3. The molecule has 0 aromatic carbocycles. The summed E-state index contributed by atoms with van der Waals surface area (Å²) in [5, 5.41) is 19.1. The Morgan fingerprint density at radius 1 is 1.36 bits per heavy atom. The van der Waals surface area contributed by atoms with Gasteiger partial charge in [0, 0.05) is 25.6 Å². The van der Waals surface area contributed by atoms with Crippen LogP contribution in [0, 0.1) is 0 Å². The van der Waals surface area contributed by atoms with Crippen LogP contribution in [0.4, 0.5) is 4.39 Å². The van der Waals surface area contributed by atoms with Crippen LogP contribution in [0.3, 0.4) is 0 Å². The molecule has 1 atom stereocenters. The monoisotopic (exact) mass is 331 g/mol. The van der Waals surface area contributed by atoms with Crippen LogP contribution in [-0.2, 0) is 4.43 Å². The lowest BCUT2D eigenvalue weighted by atomic mass is 9.75. The Morgan fingerprint density at radius 2 is 1.86 bits per heavy atom.